The number of rotatable bonds is 4. The smallest absolute Gasteiger partial charge is 0.0818 e. The Balaban J connectivity index is 2.08. The van der Waals surface area contributed by atoms with E-state index in [-0.39, 0.29) is 5.92 Å². The van der Waals surface area contributed by atoms with Gasteiger partial charge in [-0.25, -0.2) is 0 Å². The summed E-state index contributed by atoms with van der Waals surface area (Å²) in [6.07, 6.45) is 0.500. The van der Waals surface area contributed by atoms with E-state index < -0.39 is 6.10 Å². The number of hydrogen-bond acceptors (Lipinski definition) is 1. The summed E-state index contributed by atoms with van der Waals surface area (Å²) in [6.45, 7) is 6.37. The van der Waals surface area contributed by atoms with Crippen molar-refractivity contribution < 1.29 is 5.11 Å². The van der Waals surface area contributed by atoms with Crippen LogP contribution in [0.15, 0.2) is 48.5 Å². The van der Waals surface area contributed by atoms with Crippen LogP contribution >= 0.6 is 0 Å². The Bertz CT molecular complexity index is 531. The van der Waals surface area contributed by atoms with E-state index in [9.17, 15) is 5.11 Å². The maximum absolute atomic E-state index is 10.4. The van der Waals surface area contributed by atoms with Gasteiger partial charge in [0.15, 0.2) is 0 Å². The number of benzene rings is 2. The van der Waals surface area contributed by atoms with Gasteiger partial charge in [-0.15, -0.1) is 0 Å². The van der Waals surface area contributed by atoms with Crippen LogP contribution < -0.4 is 0 Å². The molecule has 0 saturated heterocycles. The molecule has 1 N–H and O–H groups in total. The van der Waals surface area contributed by atoms with Gasteiger partial charge in [-0.1, -0.05) is 55.5 Å². The average molecular weight is 254 g/mol. The van der Waals surface area contributed by atoms with E-state index >= 15 is 0 Å². The maximum Gasteiger partial charge on any atom is 0.0818 e. The molecule has 100 valence electrons. The molecule has 19 heavy (non-hydrogen) atoms. The molecule has 0 aliphatic rings. The van der Waals surface area contributed by atoms with Crippen molar-refractivity contribution in [1.29, 1.82) is 0 Å². The largest absolute Gasteiger partial charge is 0.388 e. The molecule has 0 fully saturated rings. The fraction of sp³-hybridized carbons (Fsp3) is 0.333. The molecule has 0 aliphatic heterocycles. The first-order chi connectivity index (χ1) is 9.08. The highest BCUT2D eigenvalue weighted by atomic mass is 16.3. The summed E-state index contributed by atoms with van der Waals surface area (Å²) < 4.78 is 0. The minimum absolute atomic E-state index is 0.213. The highest BCUT2D eigenvalue weighted by Crippen LogP contribution is 2.25. The Morgan fingerprint density at radius 3 is 2.26 bits per heavy atom. The highest BCUT2D eigenvalue weighted by molar-refractivity contribution is 5.30. The molecule has 1 heteroatoms. The lowest BCUT2D eigenvalue weighted by molar-refractivity contribution is 0.117. The molecule has 0 heterocycles. The van der Waals surface area contributed by atoms with E-state index in [0.717, 1.165) is 12.0 Å². The minimum atomic E-state index is -0.400. The SMILES string of the molecule is Cc1ccc(CC(C)C(O)c2ccccc2)cc1C. The summed E-state index contributed by atoms with van der Waals surface area (Å²) in [4.78, 5) is 0. The highest BCUT2D eigenvalue weighted by Gasteiger charge is 2.16. The zero-order valence-corrected chi connectivity index (χ0v) is 11.9. The molecule has 0 bridgehead atoms. The van der Waals surface area contributed by atoms with Crippen LogP contribution in [0.3, 0.4) is 0 Å². The number of aliphatic hydroxyl groups excluding tert-OH is 1. The quantitative estimate of drug-likeness (QED) is 0.866. The molecule has 2 aromatic rings. The minimum Gasteiger partial charge on any atom is -0.388 e. The lowest BCUT2D eigenvalue weighted by atomic mass is 9.90. The molecule has 2 unspecified atom stereocenters. The monoisotopic (exact) mass is 254 g/mol. The van der Waals surface area contributed by atoms with Gasteiger partial charge >= 0.3 is 0 Å². The average Bonchev–Trinajstić information content (AvgIpc) is 2.43. The van der Waals surface area contributed by atoms with Gasteiger partial charge < -0.3 is 5.11 Å². The van der Waals surface area contributed by atoms with Gasteiger partial charge in [0.2, 0.25) is 0 Å². The summed E-state index contributed by atoms with van der Waals surface area (Å²) >= 11 is 0. The van der Waals surface area contributed by atoms with Gasteiger partial charge in [-0.3, -0.25) is 0 Å². The second kappa shape index (κ2) is 6.03. The van der Waals surface area contributed by atoms with Crippen LogP contribution in [-0.2, 0) is 6.42 Å². The van der Waals surface area contributed by atoms with E-state index in [1.807, 2.05) is 30.3 Å². The van der Waals surface area contributed by atoms with Crippen molar-refractivity contribution in [2.75, 3.05) is 0 Å². The molecular formula is C18H22O. The maximum atomic E-state index is 10.4. The molecule has 2 atom stereocenters. The first kappa shape index (κ1) is 13.8. The van der Waals surface area contributed by atoms with Gasteiger partial charge in [0.1, 0.15) is 0 Å². The van der Waals surface area contributed by atoms with Crippen molar-refractivity contribution in [2.24, 2.45) is 5.92 Å². The number of hydrogen-bond donors (Lipinski definition) is 1. The van der Waals surface area contributed by atoms with Gasteiger partial charge in [-0.05, 0) is 48.4 Å². The third-order valence-corrected chi connectivity index (χ3v) is 3.81. The molecule has 0 spiro atoms. The Morgan fingerprint density at radius 1 is 0.947 bits per heavy atom. The predicted octanol–water partition coefficient (Wildman–Crippen LogP) is 4.22. The van der Waals surface area contributed by atoms with Crippen LogP contribution in [0.5, 0.6) is 0 Å². The Morgan fingerprint density at radius 2 is 1.63 bits per heavy atom. The van der Waals surface area contributed by atoms with Gasteiger partial charge in [0.05, 0.1) is 6.10 Å². The van der Waals surface area contributed by atoms with E-state index in [1.54, 1.807) is 0 Å². The molecular weight excluding hydrogens is 232 g/mol. The second-order valence-electron chi connectivity index (χ2n) is 5.46. The topological polar surface area (TPSA) is 20.2 Å². The fourth-order valence-electron chi connectivity index (χ4n) is 2.39. The van der Waals surface area contributed by atoms with Crippen molar-refractivity contribution in [1.82, 2.24) is 0 Å². The van der Waals surface area contributed by atoms with Gasteiger partial charge in [0.25, 0.3) is 0 Å². The van der Waals surface area contributed by atoms with Crippen LogP contribution in [0.1, 0.15) is 35.3 Å². The van der Waals surface area contributed by atoms with Crippen LogP contribution in [-0.4, -0.2) is 5.11 Å². The standard InChI is InChI=1S/C18H22O/c1-13-9-10-16(11-14(13)2)12-15(3)18(19)17-7-5-4-6-8-17/h4-11,15,18-19H,12H2,1-3H3. The van der Waals surface area contributed by atoms with Crippen LogP contribution in [0.2, 0.25) is 0 Å². The summed E-state index contributed by atoms with van der Waals surface area (Å²) in [5.41, 5.74) is 4.93. The van der Waals surface area contributed by atoms with Crippen molar-refractivity contribution >= 4 is 0 Å². The molecule has 0 amide bonds. The molecule has 0 aliphatic carbocycles. The van der Waals surface area contributed by atoms with Crippen LogP contribution in [0.25, 0.3) is 0 Å². The number of aliphatic hydroxyl groups is 1. The Kier molecular flexibility index (Phi) is 4.39. The van der Waals surface area contributed by atoms with Crippen molar-refractivity contribution in [3.8, 4) is 0 Å². The molecule has 1 nitrogen and oxygen atoms in total. The van der Waals surface area contributed by atoms with Crippen LogP contribution in [0, 0.1) is 19.8 Å². The Hall–Kier alpha value is -1.60. The van der Waals surface area contributed by atoms with Crippen molar-refractivity contribution in [3.05, 3.63) is 70.8 Å². The third-order valence-electron chi connectivity index (χ3n) is 3.81. The van der Waals surface area contributed by atoms with E-state index in [4.69, 9.17) is 0 Å². The van der Waals surface area contributed by atoms with E-state index in [2.05, 4.69) is 39.0 Å². The summed E-state index contributed by atoms with van der Waals surface area (Å²) in [7, 11) is 0. The molecule has 2 rings (SSSR count). The van der Waals surface area contributed by atoms with Gasteiger partial charge in [0, 0.05) is 0 Å². The summed E-state index contributed by atoms with van der Waals surface area (Å²) in [5, 5.41) is 10.4. The summed E-state index contributed by atoms with van der Waals surface area (Å²) in [6, 6.07) is 16.4. The molecule has 0 aromatic heterocycles. The van der Waals surface area contributed by atoms with Gasteiger partial charge in [-0.2, -0.15) is 0 Å². The first-order valence-corrected chi connectivity index (χ1v) is 6.87. The van der Waals surface area contributed by atoms with E-state index in [0.29, 0.717) is 0 Å². The molecule has 0 saturated carbocycles. The summed E-state index contributed by atoms with van der Waals surface area (Å²) in [5.74, 6) is 0.213. The predicted molar refractivity (Wildman–Crippen MR) is 80.2 cm³/mol. The normalized spacial score (nSPS) is 14.1. The Labute approximate surface area is 115 Å². The second-order valence-corrected chi connectivity index (χ2v) is 5.46. The molecule has 2 aromatic carbocycles. The lowest BCUT2D eigenvalue weighted by Gasteiger charge is -2.19. The number of aryl methyl sites for hydroxylation is 2. The fourth-order valence-corrected chi connectivity index (χ4v) is 2.39. The third kappa shape index (κ3) is 3.45. The van der Waals surface area contributed by atoms with Crippen molar-refractivity contribution in [3.63, 3.8) is 0 Å². The zero-order chi connectivity index (χ0) is 13.8. The van der Waals surface area contributed by atoms with Crippen LogP contribution in [0.4, 0.5) is 0 Å². The lowest BCUT2D eigenvalue weighted by Crippen LogP contribution is -2.12. The zero-order valence-electron chi connectivity index (χ0n) is 11.9. The van der Waals surface area contributed by atoms with E-state index in [1.165, 1.54) is 16.7 Å². The first-order valence-electron chi connectivity index (χ1n) is 6.87. The van der Waals surface area contributed by atoms with Crippen molar-refractivity contribution in [2.45, 2.75) is 33.3 Å². The molecule has 0 radical (unpaired) electrons.